The van der Waals surface area contributed by atoms with E-state index in [4.69, 9.17) is 9.97 Å². The van der Waals surface area contributed by atoms with Gasteiger partial charge in [-0.1, -0.05) is 152 Å². The summed E-state index contributed by atoms with van der Waals surface area (Å²) in [4.78, 5) is 10.1. The smallest absolute Gasteiger partial charge is 0.160 e. The van der Waals surface area contributed by atoms with E-state index in [1.807, 2.05) is 23.5 Å². The number of thiophene rings is 1. The average molecular weight is 722 g/mol. The molecular formula is C51H35N3S. The molecule has 55 heavy (non-hydrogen) atoms. The van der Waals surface area contributed by atoms with Gasteiger partial charge in [-0.2, -0.15) is 0 Å². The van der Waals surface area contributed by atoms with Crippen LogP contribution in [0.5, 0.6) is 0 Å². The summed E-state index contributed by atoms with van der Waals surface area (Å²) in [6.45, 7) is 2.06. The molecule has 0 unspecified atom stereocenters. The maximum absolute atomic E-state index is 5.06. The Morgan fingerprint density at radius 2 is 1.13 bits per heavy atom. The maximum atomic E-state index is 5.06. The molecule has 0 radical (unpaired) electrons. The van der Waals surface area contributed by atoms with Crippen LogP contribution in [0.1, 0.15) is 12.5 Å². The fourth-order valence-electron chi connectivity index (χ4n) is 7.74. The highest BCUT2D eigenvalue weighted by atomic mass is 32.1. The lowest BCUT2D eigenvalue weighted by Gasteiger charge is -2.10. The number of hydrogen-bond donors (Lipinski definition) is 0. The van der Waals surface area contributed by atoms with E-state index in [0.29, 0.717) is 5.82 Å². The molecular weight excluding hydrogens is 687 g/mol. The second-order valence-electron chi connectivity index (χ2n) is 13.7. The van der Waals surface area contributed by atoms with Crippen LogP contribution in [0, 0.1) is 0 Å². The van der Waals surface area contributed by atoms with Gasteiger partial charge >= 0.3 is 0 Å². The lowest BCUT2D eigenvalue weighted by molar-refractivity contribution is 1.18. The normalized spacial score (nSPS) is 11.9. The zero-order chi connectivity index (χ0) is 36.7. The Labute approximate surface area is 323 Å². The first-order valence-corrected chi connectivity index (χ1v) is 19.4. The second-order valence-corrected chi connectivity index (χ2v) is 14.8. The van der Waals surface area contributed by atoms with E-state index in [-0.39, 0.29) is 0 Å². The summed E-state index contributed by atoms with van der Waals surface area (Å²) in [5, 5.41) is 5.07. The molecule has 10 aromatic rings. The number of rotatable bonds is 7. The minimum Gasteiger partial charge on any atom is -0.308 e. The third kappa shape index (κ3) is 5.84. The molecule has 0 aliphatic rings. The molecule has 0 amide bonds. The zero-order valence-corrected chi connectivity index (χ0v) is 31.0. The monoisotopic (exact) mass is 721 g/mol. The Bertz CT molecular complexity index is 3010. The van der Waals surface area contributed by atoms with E-state index in [1.54, 1.807) is 0 Å². The largest absolute Gasteiger partial charge is 0.308 e. The van der Waals surface area contributed by atoms with E-state index in [9.17, 15) is 0 Å². The highest BCUT2D eigenvalue weighted by Crippen LogP contribution is 2.46. The van der Waals surface area contributed by atoms with Gasteiger partial charge in [0.05, 0.1) is 27.1 Å². The lowest BCUT2D eigenvalue weighted by atomic mass is 9.99. The number of nitrogens with zero attached hydrogens (tertiary/aromatic N) is 3. The molecule has 0 spiro atoms. The lowest BCUT2D eigenvalue weighted by Crippen LogP contribution is -1.96. The van der Waals surface area contributed by atoms with Crippen LogP contribution in [0.3, 0.4) is 0 Å². The molecule has 0 aliphatic carbocycles. The maximum Gasteiger partial charge on any atom is 0.160 e. The number of allylic oxidation sites excluding steroid dienone is 3. The fraction of sp³-hybridized carbons (Fsp3) is 0.0196. The van der Waals surface area contributed by atoms with Crippen molar-refractivity contribution >= 4 is 59.4 Å². The van der Waals surface area contributed by atoms with Crippen LogP contribution in [-0.4, -0.2) is 14.5 Å². The molecule has 260 valence electrons. The number of benzene rings is 7. The van der Waals surface area contributed by atoms with Crippen molar-refractivity contribution in [2.45, 2.75) is 6.92 Å². The van der Waals surface area contributed by atoms with Crippen LogP contribution in [0.15, 0.2) is 188 Å². The molecule has 0 fully saturated rings. The van der Waals surface area contributed by atoms with E-state index >= 15 is 0 Å². The van der Waals surface area contributed by atoms with Gasteiger partial charge in [0.2, 0.25) is 0 Å². The number of aromatic nitrogens is 3. The summed E-state index contributed by atoms with van der Waals surface area (Å²) in [7, 11) is 0. The first-order valence-electron chi connectivity index (χ1n) is 18.6. The van der Waals surface area contributed by atoms with Crippen LogP contribution < -0.4 is 0 Å². The summed E-state index contributed by atoms with van der Waals surface area (Å²) in [5.74, 6) is 0.707. The standard InChI is InChI=1S/C51H35N3S/c1-2-3-7-20-39-32-43-42-31-38(29-30-46(42)54(40-21-12-6-13-22-40)49(43)50-48(39)41-23-14-15-24-47(41)55-50)34-25-27-37(28-26-34)51-52-44(35-16-8-4-9-17-35)33-45(53-51)36-18-10-5-11-19-36/h2-33H,1H3/b3-2-,20-7-. The summed E-state index contributed by atoms with van der Waals surface area (Å²) < 4.78 is 5.05. The fourth-order valence-corrected chi connectivity index (χ4v) is 9.01. The van der Waals surface area contributed by atoms with E-state index < -0.39 is 0 Å². The van der Waals surface area contributed by atoms with Gasteiger partial charge in [0.25, 0.3) is 0 Å². The van der Waals surface area contributed by atoms with Crippen molar-refractivity contribution in [3.05, 3.63) is 194 Å². The van der Waals surface area contributed by atoms with Gasteiger partial charge in [-0.05, 0) is 66.1 Å². The van der Waals surface area contributed by atoms with Crippen LogP contribution in [0.2, 0.25) is 0 Å². The minimum absolute atomic E-state index is 0.707. The van der Waals surface area contributed by atoms with Gasteiger partial charge in [-0.25, -0.2) is 9.97 Å². The van der Waals surface area contributed by atoms with Gasteiger partial charge in [0.1, 0.15) is 0 Å². The summed E-state index contributed by atoms with van der Waals surface area (Å²) in [5.41, 5.74) is 12.0. The predicted octanol–water partition coefficient (Wildman–Crippen LogP) is 14.2. The van der Waals surface area contributed by atoms with Crippen molar-refractivity contribution in [2.75, 3.05) is 0 Å². The highest BCUT2D eigenvalue weighted by Gasteiger charge is 2.21. The Kier molecular flexibility index (Phi) is 8.24. The molecule has 0 N–H and O–H groups in total. The predicted molar refractivity (Wildman–Crippen MR) is 235 cm³/mol. The summed E-state index contributed by atoms with van der Waals surface area (Å²) in [6, 6.07) is 60.3. The molecule has 7 aromatic carbocycles. The second kappa shape index (κ2) is 13.8. The van der Waals surface area contributed by atoms with Crippen molar-refractivity contribution < 1.29 is 0 Å². The zero-order valence-electron chi connectivity index (χ0n) is 30.2. The van der Waals surface area contributed by atoms with Crippen molar-refractivity contribution in [1.82, 2.24) is 14.5 Å². The van der Waals surface area contributed by atoms with Crippen molar-refractivity contribution in [1.29, 1.82) is 0 Å². The van der Waals surface area contributed by atoms with Gasteiger partial charge in [0.15, 0.2) is 5.82 Å². The van der Waals surface area contributed by atoms with Gasteiger partial charge in [0, 0.05) is 48.6 Å². The molecule has 4 heteroatoms. The van der Waals surface area contributed by atoms with Gasteiger partial charge in [-0.15, -0.1) is 11.3 Å². The molecule has 3 heterocycles. The SMILES string of the molecule is C/C=C\C=C/c1cc2c3cc(-c4ccc(-c5nc(-c6ccccc6)cc(-c6ccccc6)n5)cc4)ccc3n(-c3ccccc3)c2c2sc3ccccc3c12. The topological polar surface area (TPSA) is 30.7 Å². The van der Waals surface area contributed by atoms with Crippen LogP contribution in [-0.2, 0) is 0 Å². The molecule has 10 rings (SSSR count). The first-order chi connectivity index (χ1) is 27.2. The quantitative estimate of drug-likeness (QED) is 0.153. The van der Waals surface area contributed by atoms with Crippen LogP contribution in [0.25, 0.3) is 98.8 Å². The van der Waals surface area contributed by atoms with Gasteiger partial charge in [-0.3, -0.25) is 0 Å². The minimum atomic E-state index is 0.707. The molecule has 3 nitrogen and oxygen atoms in total. The molecule has 0 bridgehead atoms. The Balaban J connectivity index is 1.14. The molecule has 3 aromatic heterocycles. The molecule has 0 saturated heterocycles. The highest BCUT2D eigenvalue weighted by molar-refractivity contribution is 7.26. The molecule has 0 aliphatic heterocycles. The average Bonchev–Trinajstić information content (AvgIpc) is 3.81. The van der Waals surface area contributed by atoms with Crippen molar-refractivity contribution in [3.8, 4) is 50.7 Å². The van der Waals surface area contributed by atoms with Gasteiger partial charge < -0.3 is 4.57 Å². The number of fused-ring (bicyclic) bond motifs is 7. The Morgan fingerprint density at radius 1 is 0.509 bits per heavy atom. The third-order valence-corrected chi connectivity index (χ3v) is 11.5. The van der Waals surface area contributed by atoms with Crippen LogP contribution in [0.4, 0.5) is 0 Å². The molecule has 0 atom stereocenters. The number of hydrogen-bond acceptors (Lipinski definition) is 3. The summed E-state index contributed by atoms with van der Waals surface area (Å²) in [6.07, 6.45) is 8.59. The van der Waals surface area contributed by atoms with Crippen molar-refractivity contribution in [3.63, 3.8) is 0 Å². The van der Waals surface area contributed by atoms with E-state index in [1.165, 1.54) is 47.5 Å². The van der Waals surface area contributed by atoms with E-state index in [2.05, 4.69) is 194 Å². The van der Waals surface area contributed by atoms with Crippen molar-refractivity contribution in [2.24, 2.45) is 0 Å². The molecule has 0 saturated carbocycles. The van der Waals surface area contributed by atoms with Crippen LogP contribution >= 0.6 is 11.3 Å². The number of para-hydroxylation sites is 1. The Hall–Kier alpha value is -6.88. The third-order valence-electron chi connectivity index (χ3n) is 10.3. The Morgan fingerprint density at radius 3 is 1.82 bits per heavy atom. The summed E-state index contributed by atoms with van der Waals surface area (Å²) >= 11 is 1.88. The first kappa shape index (κ1) is 32.7. The van der Waals surface area contributed by atoms with E-state index in [0.717, 1.165) is 44.9 Å².